The van der Waals surface area contributed by atoms with Crippen molar-refractivity contribution >= 4 is 5.69 Å². The molecule has 2 atom stereocenters. The molecule has 0 radical (unpaired) electrons. The lowest BCUT2D eigenvalue weighted by Gasteiger charge is -2.27. The predicted octanol–water partition coefficient (Wildman–Crippen LogP) is 4.08. The van der Waals surface area contributed by atoms with Gasteiger partial charge in [-0.1, -0.05) is 25.6 Å². The minimum Gasteiger partial charge on any atom is -0.376 e. The van der Waals surface area contributed by atoms with Crippen LogP contribution in [0.4, 0.5) is 14.5 Å². The average Bonchev–Trinajstić information content (AvgIpc) is 3.12. The standard InChI is InChI=1S/C18H24F2N2/c1-4-13-6-5-7-16-15(13)10-17(21-16)12(2)22-9-8-14(11-22)18(3,19)20/h5-7,14,17,21H,2,4,8-11H2,1,3H3. The second-order valence-electron chi connectivity index (χ2n) is 6.58. The van der Waals surface area contributed by atoms with Crippen molar-refractivity contribution in [1.82, 2.24) is 4.90 Å². The molecule has 0 aromatic heterocycles. The van der Waals surface area contributed by atoms with Gasteiger partial charge in [0.2, 0.25) is 5.92 Å². The first-order chi connectivity index (χ1) is 10.4. The zero-order chi connectivity index (χ0) is 15.9. The Morgan fingerprint density at radius 3 is 2.86 bits per heavy atom. The minimum atomic E-state index is -2.60. The molecule has 120 valence electrons. The van der Waals surface area contributed by atoms with Gasteiger partial charge in [-0.3, -0.25) is 0 Å². The fraction of sp³-hybridized carbons (Fsp3) is 0.556. The lowest BCUT2D eigenvalue weighted by Crippen LogP contribution is -2.33. The number of likely N-dealkylation sites (tertiary alicyclic amines) is 1. The summed E-state index contributed by atoms with van der Waals surface area (Å²) in [5, 5.41) is 3.51. The van der Waals surface area contributed by atoms with Gasteiger partial charge < -0.3 is 10.2 Å². The summed E-state index contributed by atoms with van der Waals surface area (Å²) in [6, 6.07) is 6.45. The fourth-order valence-corrected chi connectivity index (χ4v) is 3.64. The zero-order valence-corrected chi connectivity index (χ0v) is 13.3. The Labute approximate surface area is 131 Å². The molecule has 1 saturated heterocycles. The summed E-state index contributed by atoms with van der Waals surface area (Å²) in [7, 11) is 0. The molecule has 2 aliphatic rings. The van der Waals surface area contributed by atoms with Crippen LogP contribution in [0.1, 0.15) is 31.4 Å². The summed E-state index contributed by atoms with van der Waals surface area (Å²) in [5.41, 5.74) is 4.83. The largest absolute Gasteiger partial charge is 0.376 e. The number of fused-ring (bicyclic) bond motifs is 1. The third-order valence-electron chi connectivity index (χ3n) is 5.11. The van der Waals surface area contributed by atoms with E-state index >= 15 is 0 Å². The topological polar surface area (TPSA) is 15.3 Å². The molecule has 0 saturated carbocycles. The van der Waals surface area contributed by atoms with E-state index in [1.165, 1.54) is 16.8 Å². The van der Waals surface area contributed by atoms with Gasteiger partial charge in [-0.25, -0.2) is 8.78 Å². The molecule has 1 N–H and O–H groups in total. The van der Waals surface area contributed by atoms with Crippen molar-refractivity contribution in [2.45, 2.75) is 45.1 Å². The molecule has 3 rings (SSSR count). The Hall–Kier alpha value is -1.58. The number of anilines is 1. The molecule has 0 amide bonds. The number of nitrogens with zero attached hydrogens (tertiary/aromatic N) is 1. The van der Waals surface area contributed by atoms with E-state index in [9.17, 15) is 8.78 Å². The van der Waals surface area contributed by atoms with E-state index in [-0.39, 0.29) is 6.04 Å². The maximum atomic E-state index is 13.5. The SMILES string of the molecule is C=C(C1Cc2c(CC)cccc2N1)N1CCC(C(C)(F)F)C1. The summed E-state index contributed by atoms with van der Waals surface area (Å²) in [4.78, 5) is 2.04. The highest BCUT2D eigenvalue weighted by Gasteiger charge is 2.40. The van der Waals surface area contributed by atoms with Gasteiger partial charge in [0.1, 0.15) is 0 Å². The highest BCUT2D eigenvalue weighted by Crippen LogP contribution is 2.36. The van der Waals surface area contributed by atoms with Gasteiger partial charge >= 0.3 is 0 Å². The Balaban J connectivity index is 1.69. The molecule has 4 heteroatoms. The maximum absolute atomic E-state index is 13.5. The molecule has 2 heterocycles. The van der Waals surface area contributed by atoms with Crippen LogP contribution in [0.5, 0.6) is 0 Å². The molecule has 0 bridgehead atoms. The number of nitrogens with one attached hydrogen (secondary N) is 1. The van der Waals surface area contributed by atoms with Crippen molar-refractivity contribution in [2.24, 2.45) is 5.92 Å². The first-order valence-electron chi connectivity index (χ1n) is 8.09. The van der Waals surface area contributed by atoms with Crippen LogP contribution in [-0.2, 0) is 12.8 Å². The predicted molar refractivity (Wildman–Crippen MR) is 86.4 cm³/mol. The van der Waals surface area contributed by atoms with E-state index < -0.39 is 11.8 Å². The molecular formula is C18H24F2N2. The van der Waals surface area contributed by atoms with Crippen LogP contribution in [0.3, 0.4) is 0 Å². The maximum Gasteiger partial charge on any atom is 0.249 e. The molecule has 2 nitrogen and oxygen atoms in total. The van der Waals surface area contributed by atoms with Crippen LogP contribution in [0.2, 0.25) is 0 Å². The minimum absolute atomic E-state index is 0.131. The summed E-state index contributed by atoms with van der Waals surface area (Å²) in [6.45, 7) is 8.48. The Morgan fingerprint density at radius 2 is 2.23 bits per heavy atom. The molecular weight excluding hydrogens is 282 g/mol. The molecule has 1 aromatic carbocycles. The monoisotopic (exact) mass is 306 g/mol. The zero-order valence-electron chi connectivity index (χ0n) is 13.3. The Kier molecular flexibility index (Phi) is 3.87. The average molecular weight is 306 g/mol. The smallest absolute Gasteiger partial charge is 0.249 e. The number of hydrogen-bond acceptors (Lipinski definition) is 2. The molecule has 2 unspecified atom stereocenters. The fourth-order valence-electron chi connectivity index (χ4n) is 3.64. The Bertz CT molecular complexity index is 577. The number of hydrogen-bond donors (Lipinski definition) is 1. The number of benzene rings is 1. The number of aryl methyl sites for hydroxylation is 1. The highest BCUT2D eigenvalue weighted by molar-refractivity contribution is 5.61. The molecule has 0 aliphatic carbocycles. The van der Waals surface area contributed by atoms with E-state index in [4.69, 9.17) is 0 Å². The number of alkyl halides is 2. The number of rotatable bonds is 4. The van der Waals surface area contributed by atoms with E-state index in [0.29, 0.717) is 19.5 Å². The van der Waals surface area contributed by atoms with Gasteiger partial charge in [0, 0.05) is 36.8 Å². The molecule has 1 fully saturated rings. The van der Waals surface area contributed by atoms with Gasteiger partial charge in [0.05, 0.1) is 6.04 Å². The van der Waals surface area contributed by atoms with Gasteiger partial charge in [-0.2, -0.15) is 0 Å². The van der Waals surface area contributed by atoms with Gasteiger partial charge in [-0.15, -0.1) is 0 Å². The summed E-state index contributed by atoms with van der Waals surface area (Å²) in [6.07, 6.45) is 2.46. The second-order valence-corrected chi connectivity index (χ2v) is 6.58. The van der Waals surface area contributed by atoms with Crippen molar-refractivity contribution in [3.8, 4) is 0 Å². The van der Waals surface area contributed by atoms with E-state index in [0.717, 1.165) is 25.5 Å². The molecule has 2 aliphatic heterocycles. The third kappa shape index (κ3) is 2.71. The molecule has 0 spiro atoms. The lowest BCUT2D eigenvalue weighted by atomic mass is 10.00. The van der Waals surface area contributed by atoms with Crippen LogP contribution in [0.25, 0.3) is 0 Å². The Morgan fingerprint density at radius 1 is 1.45 bits per heavy atom. The quantitative estimate of drug-likeness (QED) is 0.902. The van der Waals surface area contributed by atoms with Crippen molar-refractivity contribution < 1.29 is 8.78 Å². The van der Waals surface area contributed by atoms with Crippen LogP contribution in [0, 0.1) is 5.92 Å². The van der Waals surface area contributed by atoms with Crippen molar-refractivity contribution in [3.05, 3.63) is 41.6 Å². The molecule has 22 heavy (non-hydrogen) atoms. The first-order valence-corrected chi connectivity index (χ1v) is 8.09. The summed E-state index contributed by atoms with van der Waals surface area (Å²) < 4.78 is 27.0. The summed E-state index contributed by atoms with van der Waals surface area (Å²) in [5.74, 6) is -3.16. The lowest BCUT2D eigenvalue weighted by molar-refractivity contribution is -0.0343. The van der Waals surface area contributed by atoms with Crippen molar-refractivity contribution in [3.63, 3.8) is 0 Å². The normalized spacial score (nSPS) is 24.3. The second kappa shape index (κ2) is 5.56. The van der Waals surface area contributed by atoms with Gasteiger partial charge in [0.25, 0.3) is 0 Å². The van der Waals surface area contributed by atoms with Gasteiger partial charge in [-0.05, 0) is 37.0 Å². The van der Waals surface area contributed by atoms with Crippen LogP contribution < -0.4 is 5.32 Å². The van der Waals surface area contributed by atoms with E-state index in [1.807, 2.05) is 4.90 Å². The van der Waals surface area contributed by atoms with Crippen LogP contribution in [-0.4, -0.2) is 30.0 Å². The third-order valence-corrected chi connectivity index (χ3v) is 5.11. The highest BCUT2D eigenvalue weighted by atomic mass is 19.3. The van der Waals surface area contributed by atoms with E-state index in [2.05, 4.69) is 37.0 Å². The summed E-state index contributed by atoms with van der Waals surface area (Å²) >= 11 is 0. The van der Waals surface area contributed by atoms with Crippen molar-refractivity contribution in [2.75, 3.05) is 18.4 Å². The van der Waals surface area contributed by atoms with Crippen molar-refractivity contribution in [1.29, 1.82) is 0 Å². The molecule has 1 aromatic rings. The van der Waals surface area contributed by atoms with Crippen LogP contribution >= 0.6 is 0 Å². The van der Waals surface area contributed by atoms with Gasteiger partial charge in [0.15, 0.2) is 0 Å². The van der Waals surface area contributed by atoms with Crippen LogP contribution in [0.15, 0.2) is 30.5 Å². The first kappa shape index (κ1) is 15.3. The van der Waals surface area contributed by atoms with E-state index in [1.54, 1.807) is 0 Å². The number of halogens is 2.